The number of thiophene rings is 1. The lowest BCUT2D eigenvalue weighted by molar-refractivity contribution is 0.322. The van der Waals surface area contributed by atoms with E-state index in [0.29, 0.717) is 0 Å². The number of nitrogens with two attached hydrogens (primary N) is 1. The highest BCUT2D eigenvalue weighted by Crippen LogP contribution is 2.31. The van der Waals surface area contributed by atoms with Crippen LogP contribution < -0.4 is 10.5 Å². The maximum Gasteiger partial charge on any atom is 0.119 e. The van der Waals surface area contributed by atoms with Gasteiger partial charge in [-0.2, -0.15) is 0 Å². The summed E-state index contributed by atoms with van der Waals surface area (Å²) in [4.78, 5) is 1.37. The van der Waals surface area contributed by atoms with Crippen LogP contribution in [0.15, 0.2) is 35.7 Å². The Morgan fingerprint density at radius 3 is 3.11 bits per heavy atom. The molecule has 2 nitrogen and oxygen atoms in total. The van der Waals surface area contributed by atoms with Gasteiger partial charge < -0.3 is 10.5 Å². The van der Waals surface area contributed by atoms with Crippen molar-refractivity contribution >= 4 is 11.3 Å². The lowest BCUT2D eigenvalue weighted by Gasteiger charge is -2.09. The van der Waals surface area contributed by atoms with Crippen LogP contribution in [0.25, 0.3) is 0 Å². The molecule has 1 aromatic carbocycles. The number of fused-ring (bicyclic) bond motifs is 1. The van der Waals surface area contributed by atoms with Gasteiger partial charge in [0.2, 0.25) is 0 Å². The standard InChI is InChI=1S/C15H17NOS/c16-15-6-3-11-10-12(4-5-14(11)15)17-8-7-13-2-1-9-18-13/h1-2,4-5,9-10,15H,3,6-8,16H2/t15-/m1/s1. The summed E-state index contributed by atoms with van der Waals surface area (Å²) in [5.74, 6) is 0.972. The molecule has 2 aromatic rings. The van der Waals surface area contributed by atoms with Crippen LogP contribution in [0, 0.1) is 0 Å². The highest BCUT2D eigenvalue weighted by molar-refractivity contribution is 7.09. The minimum Gasteiger partial charge on any atom is -0.493 e. The van der Waals surface area contributed by atoms with Crippen molar-refractivity contribution in [2.24, 2.45) is 5.73 Å². The summed E-state index contributed by atoms with van der Waals surface area (Å²) >= 11 is 1.78. The van der Waals surface area contributed by atoms with E-state index in [9.17, 15) is 0 Å². The van der Waals surface area contributed by atoms with Crippen molar-refractivity contribution in [3.8, 4) is 5.75 Å². The molecule has 3 rings (SSSR count). The molecule has 1 heterocycles. The van der Waals surface area contributed by atoms with Crippen molar-refractivity contribution in [2.75, 3.05) is 6.61 Å². The van der Waals surface area contributed by atoms with Gasteiger partial charge in [0.15, 0.2) is 0 Å². The Morgan fingerprint density at radius 1 is 1.33 bits per heavy atom. The second-order valence-corrected chi connectivity index (χ2v) is 5.72. The number of hydrogen-bond donors (Lipinski definition) is 1. The largest absolute Gasteiger partial charge is 0.493 e. The highest BCUT2D eigenvalue weighted by Gasteiger charge is 2.18. The summed E-state index contributed by atoms with van der Waals surface area (Å²) in [6.07, 6.45) is 3.13. The summed E-state index contributed by atoms with van der Waals surface area (Å²) < 4.78 is 5.81. The number of benzene rings is 1. The predicted molar refractivity (Wildman–Crippen MR) is 75.2 cm³/mol. The molecule has 1 aliphatic carbocycles. The van der Waals surface area contributed by atoms with Crippen molar-refractivity contribution < 1.29 is 4.74 Å². The quantitative estimate of drug-likeness (QED) is 0.914. The molecule has 1 aliphatic rings. The van der Waals surface area contributed by atoms with Gasteiger partial charge in [-0.05, 0) is 47.5 Å². The fraction of sp³-hybridized carbons (Fsp3) is 0.333. The normalized spacial score (nSPS) is 17.7. The Balaban J connectivity index is 1.60. The van der Waals surface area contributed by atoms with Crippen molar-refractivity contribution in [2.45, 2.75) is 25.3 Å². The van der Waals surface area contributed by atoms with E-state index in [2.05, 4.69) is 29.6 Å². The van der Waals surface area contributed by atoms with Crippen LogP contribution in [0.5, 0.6) is 5.75 Å². The summed E-state index contributed by atoms with van der Waals surface area (Å²) in [6.45, 7) is 0.741. The molecule has 1 atom stereocenters. The van der Waals surface area contributed by atoms with Crippen LogP contribution in [0.4, 0.5) is 0 Å². The molecule has 94 valence electrons. The van der Waals surface area contributed by atoms with Crippen LogP contribution in [-0.4, -0.2) is 6.61 Å². The summed E-state index contributed by atoms with van der Waals surface area (Å²) in [5.41, 5.74) is 8.67. The van der Waals surface area contributed by atoms with Crippen molar-refractivity contribution in [3.05, 3.63) is 51.7 Å². The highest BCUT2D eigenvalue weighted by atomic mass is 32.1. The van der Waals surface area contributed by atoms with Gasteiger partial charge >= 0.3 is 0 Å². The fourth-order valence-electron chi connectivity index (χ4n) is 2.44. The molecule has 18 heavy (non-hydrogen) atoms. The maximum absolute atomic E-state index is 6.02. The van der Waals surface area contributed by atoms with E-state index < -0.39 is 0 Å². The first kappa shape index (κ1) is 11.8. The maximum atomic E-state index is 6.02. The number of rotatable bonds is 4. The molecule has 2 N–H and O–H groups in total. The summed E-state index contributed by atoms with van der Waals surface area (Å²) in [6, 6.07) is 10.8. The molecular weight excluding hydrogens is 242 g/mol. The third-order valence-corrected chi connectivity index (χ3v) is 4.37. The lowest BCUT2D eigenvalue weighted by Crippen LogP contribution is -2.05. The van der Waals surface area contributed by atoms with Crippen LogP contribution in [0.2, 0.25) is 0 Å². The van der Waals surface area contributed by atoms with Gasteiger partial charge in [-0.1, -0.05) is 12.1 Å². The monoisotopic (exact) mass is 259 g/mol. The smallest absolute Gasteiger partial charge is 0.119 e. The first-order valence-corrected chi connectivity index (χ1v) is 7.24. The molecule has 0 aliphatic heterocycles. The van der Waals surface area contributed by atoms with Crippen molar-refractivity contribution in [1.82, 2.24) is 0 Å². The van der Waals surface area contributed by atoms with E-state index in [-0.39, 0.29) is 6.04 Å². The third kappa shape index (κ3) is 2.42. The van der Waals surface area contributed by atoms with E-state index in [4.69, 9.17) is 10.5 Å². The van der Waals surface area contributed by atoms with Gasteiger partial charge in [0.25, 0.3) is 0 Å². The average molecular weight is 259 g/mol. The second kappa shape index (κ2) is 5.12. The second-order valence-electron chi connectivity index (χ2n) is 4.68. The van der Waals surface area contributed by atoms with Gasteiger partial charge in [-0.15, -0.1) is 11.3 Å². The topological polar surface area (TPSA) is 35.2 Å². The Morgan fingerprint density at radius 2 is 2.28 bits per heavy atom. The van der Waals surface area contributed by atoms with Crippen LogP contribution in [0.3, 0.4) is 0 Å². The van der Waals surface area contributed by atoms with Crippen molar-refractivity contribution in [1.29, 1.82) is 0 Å². The third-order valence-electron chi connectivity index (χ3n) is 3.44. The van der Waals surface area contributed by atoms with E-state index in [1.807, 2.05) is 6.07 Å². The molecule has 1 aromatic heterocycles. The first-order valence-electron chi connectivity index (χ1n) is 6.36. The first-order chi connectivity index (χ1) is 8.83. The van der Waals surface area contributed by atoms with Gasteiger partial charge in [-0.25, -0.2) is 0 Å². The molecule has 0 spiro atoms. The minimum absolute atomic E-state index is 0.222. The van der Waals surface area contributed by atoms with Gasteiger partial charge in [0, 0.05) is 17.3 Å². The summed E-state index contributed by atoms with van der Waals surface area (Å²) in [7, 11) is 0. The zero-order valence-electron chi connectivity index (χ0n) is 10.3. The molecule has 0 unspecified atom stereocenters. The van der Waals surface area contributed by atoms with E-state index in [0.717, 1.165) is 31.6 Å². The molecule has 0 saturated carbocycles. The van der Waals surface area contributed by atoms with E-state index >= 15 is 0 Å². The van der Waals surface area contributed by atoms with Gasteiger partial charge in [0.1, 0.15) is 5.75 Å². The molecule has 0 bridgehead atoms. The predicted octanol–water partition coefficient (Wildman–Crippen LogP) is 3.32. The Kier molecular flexibility index (Phi) is 3.35. The molecule has 0 saturated heterocycles. The SMILES string of the molecule is N[C@@H]1CCc2cc(OCCc3cccs3)ccc21. The summed E-state index contributed by atoms with van der Waals surface area (Å²) in [5, 5.41) is 2.10. The lowest BCUT2D eigenvalue weighted by atomic mass is 10.1. The molecule has 0 radical (unpaired) electrons. The average Bonchev–Trinajstić information content (AvgIpc) is 3.00. The number of hydrogen-bond acceptors (Lipinski definition) is 3. The van der Waals surface area contributed by atoms with Crippen LogP contribution in [-0.2, 0) is 12.8 Å². The fourth-order valence-corrected chi connectivity index (χ4v) is 3.13. The van der Waals surface area contributed by atoms with E-state index in [1.54, 1.807) is 11.3 Å². The zero-order valence-corrected chi connectivity index (χ0v) is 11.1. The zero-order chi connectivity index (χ0) is 12.4. The molecular formula is C15H17NOS. The van der Waals surface area contributed by atoms with E-state index in [1.165, 1.54) is 16.0 Å². The van der Waals surface area contributed by atoms with Gasteiger partial charge in [-0.3, -0.25) is 0 Å². The van der Waals surface area contributed by atoms with Gasteiger partial charge in [0.05, 0.1) is 6.61 Å². The van der Waals surface area contributed by atoms with Crippen LogP contribution >= 0.6 is 11.3 Å². The molecule has 0 fully saturated rings. The van der Waals surface area contributed by atoms with Crippen molar-refractivity contribution in [3.63, 3.8) is 0 Å². The Hall–Kier alpha value is -1.32. The Bertz CT molecular complexity index is 521. The molecule has 0 amide bonds. The molecule has 3 heteroatoms. The number of aryl methyl sites for hydroxylation is 1. The number of ether oxygens (including phenoxy) is 1. The Labute approximate surface area is 111 Å². The van der Waals surface area contributed by atoms with Crippen LogP contribution in [0.1, 0.15) is 28.5 Å². The minimum atomic E-state index is 0.222.